The minimum Gasteiger partial charge on any atom is -0.484 e. The molecule has 0 fully saturated rings. The van der Waals surface area contributed by atoms with Gasteiger partial charge in [-0.2, -0.15) is 0 Å². The summed E-state index contributed by atoms with van der Waals surface area (Å²) >= 11 is 13.2. The van der Waals surface area contributed by atoms with Crippen molar-refractivity contribution in [2.45, 2.75) is 18.7 Å². The number of carbonyl (C=O) groups is 1. The van der Waals surface area contributed by atoms with E-state index in [0.717, 1.165) is 0 Å². The van der Waals surface area contributed by atoms with Crippen molar-refractivity contribution in [3.63, 3.8) is 0 Å². The van der Waals surface area contributed by atoms with Gasteiger partial charge in [0.05, 0.1) is 17.4 Å². The lowest BCUT2D eigenvalue weighted by Crippen LogP contribution is -2.08. The molecule has 0 bridgehead atoms. The van der Waals surface area contributed by atoms with Gasteiger partial charge in [-0.3, -0.25) is 4.79 Å². The summed E-state index contributed by atoms with van der Waals surface area (Å²) in [5.41, 5.74) is 0. The summed E-state index contributed by atoms with van der Waals surface area (Å²) in [6, 6.07) is 4.98. The van der Waals surface area contributed by atoms with E-state index in [1.807, 2.05) is 0 Å². The molecule has 1 aromatic carbocycles. The predicted octanol–water partition coefficient (Wildman–Crippen LogP) is 3.36. The van der Waals surface area contributed by atoms with E-state index in [1.54, 1.807) is 36.7 Å². The van der Waals surface area contributed by atoms with Gasteiger partial charge in [-0.15, -0.1) is 10.2 Å². The standard InChI is InChI=1S/C14H15Cl2N3O3S/c1-3-21-13(20)8-23-14-18-17-12(19(14)2)7-22-11-6-9(15)4-5-10(11)16/h4-6H,3,7-8H2,1-2H3. The molecule has 0 atom stereocenters. The molecule has 6 nitrogen and oxygen atoms in total. The van der Waals surface area contributed by atoms with Crippen LogP contribution in [0.2, 0.25) is 10.0 Å². The van der Waals surface area contributed by atoms with Crippen molar-refractivity contribution < 1.29 is 14.3 Å². The number of nitrogens with zero attached hydrogens (tertiary/aromatic N) is 3. The first kappa shape index (κ1) is 17.9. The molecule has 0 amide bonds. The van der Waals surface area contributed by atoms with E-state index in [1.165, 1.54) is 11.8 Å². The van der Waals surface area contributed by atoms with Crippen LogP contribution >= 0.6 is 35.0 Å². The molecule has 0 N–H and O–H groups in total. The van der Waals surface area contributed by atoms with Crippen molar-refractivity contribution >= 4 is 40.9 Å². The second-order valence-electron chi connectivity index (χ2n) is 4.41. The number of rotatable bonds is 7. The predicted molar refractivity (Wildman–Crippen MR) is 89.2 cm³/mol. The van der Waals surface area contributed by atoms with Crippen LogP contribution in [0.4, 0.5) is 0 Å². The van der Waals surface area contributed by atoms with Crippen LogP contribution in [0.1, 0.15) is 12.7 Å². The first-order valence-electron chi connectivity index (χ1n) is 6.75. The normalized spacial score (nSPS) is 10.6. The van der Waals surface area contributed by atoms with Crippen LogP contribution in [0.15, 0.2) is 23.4 Å². The number of thioether (sulfide) groups is 1. The molecular weight excluding hydrogens is 361 g/mol. The Labute approximate surface area is 148 Å². The molecule has 9 heteroatoms. The van der Waals surface area contributed by atoms with E-state index < -0.39 is 0 Å². The quantitative estimate of drug-likeness (QED) is 0.545. The summed E-state index contributed by atoms with van der Waals surface area (Å²) in [4.78, 5) is 11.4. The molecule has 2 rings (SSSR count). The Morgan fingerprint density at radius 1 is 1.35 bits per heavy atom. The van der Waals surface area contributed by atoms with Gasteiger partial charge in [-0.05, 0) is 19.1 Å². The fourth-order valence-corrected chi connectivity index (χ4v) is 2.71. The van der Waals surface area contributed by atoms with Crippen LogP contribution in [-0.2, 0) is 23.2 Å². The zero-order chi connectivity index (χ0) is 16.8. The molecule has 0 unspecified atom stereocenters. The molecule has 0 saturated heterocycles. The number of esters is 1. The molecule has 124 valence electrons. The van der Waals surface area contributed by atoms with E-state index in [-0.39, 0.29) is 18.3 Å². The smallest absolute Gasteiger partial charge is 0.316 e. The number of aromatic nitrogens is 3. The molecule has 0 spiro atoms. The van der Waals surface area contributed by atoms with Gasteiger partial charge in [0.25, 0.3) is 0 Å². The van der Waals surface area contributed by atoms with Crippen LogP contribution < -0.4 is 4.74 Å². The molecule has 2 aromatic rings. The Kier molecular flexibility index (Phi) is 6.56. The lowest BCUT2D eigenvalue weighted by atomic mass is 10.3. The highest BCUT2D eigenvalue weighted by Crippen LogP contribution is 2.28. The van der Waals surface area contributed by atoms with Gasteiger partial charge in [-0.25, -0.2) is 0 Å². The first-order chi connectivity index (χ1) is 11.0. The van der Waals surface area contributed by atoms with Crippen molar-refractivity contribution in [3.05, 3.63) is 34.1 Å². The Hall–Kier alpha value is -1.44. The Balaban J connectivity index is 1.96. The number of carbonyl (C=O) groups excluding carboxylic acids is 1. The van der Waals surface area contributed by atoms with E-state index in [9.17, 15) is 4.79 Å². The molecule has 1 aromatic heterocycles. The van der Waals surface area contributed by atoms with Gasteiger partial charge in [0, 0.05) is 18.1 Å². The van der Waals surface area contributed by atoms with Crippen molar-refractivity contribution in [1.29, 1.82) is 0 Å². The summed E-state index contributed by atoms with van der Waals surface area (Å²) in [5, 5.41) is 9.68. The van der Waals surface area contributed by atoms with Gasteiger partial charge < -0.3 is 14.0 Å². The van der Waals surface area contributed by atoms with Crippen molar-refractivity contribution in [3.8, 4) is 5.75 Å². The fourth-order valence-electron chi connectivity index (χ4n) is 1.65. The molecule has 0 aliphatic carbocycles. The fraction of sp³-hybridized carbons (Fsp3) is 0.357. The average Bonchev–Trinajstić information content (AvgIpc) is 2.87. The van der Waals surface area contributed by atoms with Crippen LogP contribution in [0.25, 0.3) is 0 Å². The summed E-state index contributed by atoms with van der Waals surface area (Å²) in [5.74, 6) is 0.972. The van der Waals surface area contributed by atoms with Gasteiger partial charge in [0.1, 0.15) is 12.4 Å². The van der Waals surface area contributed by atoms with Crippen molar-refractivity contribution in [2.24, 2.45) is 7.05 Å². The van der Waals surface area contributed by atoms with Crippen LogP contribution in [-0.4, -0.2) is 33.1 Å². The molecule has 23 heavy (non-hydrogen) atoms. The minimum absolute atomic E-state index is 0.181. The number of halogens is 2. The highest BCUT2D eigenvalue weighted by Gasteiger charge is 2.13. The average molecular weight is 376 g/mol. The molecule has 0 saturated carbocycles. The summed E-state index contributed by atoms with van der Waals surface area (Å²) in [7, 11) is 1.80. The molecule has 0 aliphatic heterocycles. The topological polar surface area (TPSA) is 66.2 Å². The lowest BCUT2D eigenvalue weighted by molar-refractivity contribution is -0.139. The van der Waals surface area contributed by atoms with Gasteiger partial charge in [0.15, 0.2) is 11.0 Å². The molecule has 1 heterocycles. The Morgan fingerprint density at radius 2 is 2.13 bits per heavy atom. The third-order valence-electron chi connectivity index (χ3n) is 2.80. The number of ether oxygens (including phenoxy) is 2. The SMILES string of the molecule is CCOC(=O)CSc1nnc(COc2cc(Cl)ccc2Cl)n1C. The van der Waals surface area contributed by atoms with Gasteiger partial charge >= 0.3 is 5.97 Å². The van der Waals surface area contributed by atoms with Gasteiger partial charge in [-0.1, -0.05) is 35.0 Å². The van der Waals surface area contributed by atoms with E-state index >= 15 is 0 Å². The van der Waals surface area contributed by atoms with E-state index in [2.05, 4.69) is 10.2 Å². The number of benzene rings is 1. The monoisotopic (exact) mass is 375 g/mol. The zero-order valence-electron chi connectivity index (χ0n) is 12.6. The summed E-state index contributed by atoms with van der Waals surface area (Å²) in [6.45, 7) is 2.31. The van der Waals surface area contributed by atoms with E-state index in [0.29, 0.717) is 33.4 Å². The maximum atomic E-state index is 11.4. The Morgan fingerprint density at radius 3 is 2.87 bits per heavy atom. The van der Waals surface area contributed by atoms with Crippen LogP contribution in [0.5, 0.6) is 5.75 Å². The lowest BCUT2D eigenvalue weighted by Gasteiger charge is -2.08. The highest BCUT2D eigenvalue weighted by molar-refractivity contribution is 7.99. The second-order valence-corrected chi connectivity index (χ2v) is 6.20. The molecule has 0 aliphatic rings. The maximum Gasteiger partial charge on any atom is 0.316 e. The summed E-state index contributed by atoms with van der Waals surface area (Å²) in [6.07, 6.45) is 0. The number of hydrogen-bond acceptors (Lipinski definition) is 6. The van der Waals surface area contributed by atoms with Gasteiger partial charge in [0.2, 0.25) is 0 Å². The third-order valence-corrected chi connectivity index (χ3v) is 4.34. The Bertz CT molecular complexity index is 694. The molecule has 0 radical (unpaired) electrons. The highest BCUT2D eigenvalue weighted by atomic mass is 35.5. The summed E-state index contributed by atoms with van der Waals surface area (Å²) < 4.78 is 12.2. The maximum absolute atomic E-state index is 11.4. The first-order valence-corrected chi connectivity index (χ1v) is 8.50. The third kappa shape index (κ3) is 5.02. The molecular formula is C14H15Cl2N3O3S. The zero-order valence-corrected chi connectivity index (χ0v) is 14.9. The van der Waals surface area contributed by atoms with Crippen LogP contribution in [0, 0.1) is 0 Å². The number of hydrogen-bond donors (Lipinski definition) is 0. The van der Waals surface area contributed by atoms with E-state index in [4.69, 9.17) is 32.7 Å². The second kappa shape index (κ2) is 8.42. The van der Waals surface area contributed by atoms with Crippen molar-refractivity contribution in [2.75, 3.05) is 12.4 Å². The van der Waals surface area contributed by atoms with Crippen molar-refractivity contribution in [1.82, 2.24) is 14.8 Å². The largest absolute Gasteiger partial charge is 0.484 e. The minimum atomic E-state index is -0.288. The van der Waals surface area contributed by atoms with Crippen LogP contribution in [0.3, 0.4) is 0 Å².